The summed E-state index contributed by atoms with van der Waals surface area (Å²) in [4.78, 5) is 22.0. The lowest BCUT2D eigenvalue weighted by Crippen LogP contribution is -2.38. The third-order valence-corrected chi connectivity index (χ3v) is 5.19. The molecule has 0 radical (unpaired) electrons. The highest BCUT2D eigenvalue weighted by Gasteiger charge is 2.21. The molecule has 0 bridgehead atoms. The van der Waals surface area contributed by atoms with Crippen LogP contribution in [0.25, 0.3) is 0 Å². The van der Waals surface area contributed by atoms with Gasteiger partial charge < -0.3 is 31.7 Å². The molecule has 1 fully saturated rings. The van der Waals surface area contributed by atoms with Gasteiger partial charge in [0.2, 0.25) is 0 Å². The molecule has 1 aliphatic heterocycles. The van der Waals surface area contributed by atoms with Gasteiger partial charge >= 0.3 is 0 Å². The number of pyridine rings is 2. The number of hydrogen-bond acceptors (Lipinski definition) is 8. The maximum atomic E-state index is 14.7. The van der Waals surface area contributed by atoms with Crippen molar-refractivity contribution in [2.75, 3.05) is 41.8 Å². The number of halogens is 2. The van der Waals surface area contributed by atoms with E-state index in [1.54, 1.807) is 4.90 Å². The van der Waals surface area contributed by atoms with E-state index in [1.165, 1.54) is 12.3 Å². The Morgan fingerprint density at radius 2 is 1.97 bits per heavy atom. The number of carbonyl (C=O) groups is 1. The van der Waals surface area contributed by atoms with Crippen LogP contribution in [0.15, 0.2) is 18.3 Å². The zero-order valence-electron chi connectivity index (χ0n) is 18.2. The molecule has 3 heterocycles. The molecule has 1 saturated heterocycles. The molecule has 0 aromatic carbocycles. The average molecular weight is 450 g/mol. The molecule has 1 aliphatic rings. The molecular weight excluding hydrogens is 420 g/mol. The number of aromatic nitrogens is 2. The van der Waals surface area contributed by atoms with Crippen LogP contribution in [-0.4, -0.2) is 54.3 Å². The Hall–Kier alpha value is -3.05. The highest BCUT2D eigenvalue weighted by Crippen LogP contribution is 2.27. The molecule has 2 aromatic heterocycles. The molecule has 6 N–H and O–H groups in total. The summed E-state index contributed by atoms with van der Waals surface area (Å²) in [5, 5.41) is 5.82. The van der Waals surface area contributed by atoms with Crippen LogP contribution in [0, 0.1) is 11.6 Å². The summed E-state index contributed by atoms with van der Waals surface area (Å²) in [5.74, 6) is -2.03. The Morgan fingerprint density at radius 3 is 2.56 bits per heavy atom. The van der Waals surface area contributed by atoms with Gasteiger partial charge in [-0.15, -0.1) is 0 Å². The van der Waals surface area contributed by atoms with Gasteiger partial charge in [-0.2, -0.15) is 0 Å². The first kappa shape index (κ1) is 23.6. The number of amides is 1. The van der Waals surface area contributed by atoms with E-state index in [4.69, 9.17) is 16.2 Å². The first-order valence-corrected chi connectivity index (χ1v) is 10.6. The molecule has 32 heavy (non-hydrogen) atoms. The number of carbonyl (C=O) groups excluding carboxylic acids is 1. The average Bonchev–Trinajstić information content (AvgIpc) is 2.75. The van der Waals surface area contributed by atoms with Crippen molar-refractivity contribution in [3.63, 3.8) is 0 Å². The molecular formula is C21H29F2N7O2. The predicted octanol–water partition coefficient (Wildman–Crippen LogP) is 2.36. The second kappa shape index (κ2) is 10.5. The van der Waals surface area contributed by atoms with E-state index in [9.17, 15) is 13.6 Å². The number of anilines is 4. The van der Waals surface area contributed by atoms with E-state index in [0.29, 0.717) is 32.7 Å². The number of nitrogens with zero attached hydrogens (tertiary/aromatic N) is 3. The molecule has 0 saturated carbocycles. The molecule has 11 heteroatoms. The van der Waals surface area contributed by atoms with Crippen LogP contribution in [0.5, 0.6) is 0 Å². The second-order valence-electron chi connectivity index (χ2n) is 7.73. The van der Waals surface area contributed by atoms with Crippen LogP contribution in [-0.2, 0) is 4.74 Å². The Bertz CT molecular complexity index is 952. The fourth-order valence-electron chi connectivity index (χ4n) is 3.47. The van der Waals surface area contributed by atoms with E-state index in [2.05, 4.69) is 20.6 Å². The van der Waals surface area contributed by atoms with Gasteiger partial charge in [-0.25, -0.2) is 18.7 Å². The number of ether oxygens (including phenoxy) is 1. The van der Waals surface area contributed by atoms with Crippen LogP contribution in [0.4, 0.5) is 31.9 Å². The SMILES string of the molecule is CCC[C@@H](Nc1nc(Nc2cnc(N3CCOCC3)c(F)c2)c(C(N)=O)cc1F)[C@H](C)N. The van der Waals surface area contributed by atoms with Gasteiger partial charge in [-0.3, -0.25) is 4.79 Å². The topological polar surface area (TPSA) is 131 Å². The van der Waals surface area contributed by atoms with Gasteiger partial charge in [0.1, 0.15) is 5.82 Å². The molecule has 0 spiro atoms. The van der Waals surface area contributed by atoms with Crippen molar-refractivity contribution in [2.24, 2.45) is 11.5 Å². The summed E-state index contributed by atoms with van der Waals surface area (Å²) in [6.45, 7) is 5.88. The Kier molecular flexibility index (Phi) is 7.75. The lowest BCUT2D eigenvalue weighted by molar-refractivity contribution is 0.100. The highest BCUT2D eigenvalue weighted by molar-refractivity contribution is 5.98. The molecule has 1 amide bonds. The summed E-state index contributed by atoms with van der Waals surface area (Å²) in [7, 11) is 0. The molecule has 0 unspecified atom stereocenters. The van der Waals surface area contributed by atoms with Crippen molar-refractivity contribution in [1.82, 2.24) is 9.97 Å². The number of hydrogen-bond donors (Lipinski definition) is 4. The summed E-state index contributed by atoms with van der Waals surface area (Å²) in [6, 6.07) is 1.76. The molecule has 9 nitrogen and oxygen atoms in total. The minimum Gasteiger partial charge on any atom is -0.378 e. The maximum absolute atomic E-state index is 14.7. The smallest absolute Gasteiger partial charge is 0.252 e. The van der Waals surface area contributed by atoms with E-state index in [-0.39, 0.29) is 40.8 Å². The van der Waals surface area contributed by atoms with Gasteiger partial charge in [0.15, 0.2) is 23.3 Å². The largest absolute Gasteiger partial charge is 0.378 e. The van der Waals surface area contributed by atoms with Crippen molar-refractivity contribution in [2.45, 2.75) is 38.8 Å². The third-order valence-electron chi connectivity index (χ3n) is 5.19. The number of morpholine rings is 1. The quantitative estimate of drug-likeness (QED) is 0.459. The second-order valence-corrected chi connectivity index (χ2v) is 7.73. The van der Waals surface area contributed by atoms with Crippen LogP contribution >= 0.6 is 0 Å². The van der Waals surface area contributed by atoms with Crippen LogP contribution in [0.2, 0.25) is 0 Å². The van der Waals surface area contributed by atoms with Gasteiger partial charge in [-0.05, 0) is 19.4 Å². The lowest BCUT2D eigenvalue weighted by atomic mass is 10.1. The van der Waals surface area contributed by atoms with Crippen LogP contribution in [0.3, 0.4) is 0 Å². The van der Waals surface area contributed by atoms with Crippen LogP contribution < -0.4 is 27.0 Å². The Balaban J connectivity index is 1.88. The van der Waals surface area contributed by atoms with E-state index in [0.717, 1.165) is 12.5 Å². The first-order valence-electron chi connectivity index (χ1n) is 10.6. The van der Waals surface area contributed by atoms with Crippen molar-refractivity contribution in [1.29, 1.82) is 0 Å². The molecule has 2 atom stereocenters. The molecule has 174 valence electrons. The van der Waals surface area contributed by atoms with Gasteiger partial charge in [-0.1, -0.05) is 13.3 Å². The van der Waals surface area contributed by atoms with Gasteiger partial charge in [0.05, 0.1) is 30.7 Å². The molecule has 3 rings (SSSR count). The van der Waals surface area contributed by atoms with Crippen molar-refractivity contribution < 1.29 is 18.3 Å². The maximum Gasteiger partial charge on any atom is 0.252 e. The number of nitrogens with two attached hydrogens (primary N) is 2. The van der Waals surface area contributed by atoms with Crippen molar-refractivity contribution in [3.05, 3.63) is 35.5 Å². The molecule has 2 aromatic rings. The van der Waals surface area contributed by atoms with Gasteiger partial charge in [0.25, 0.3) is 5.91 Å². The number of rotatable bonds is 9. The zero-order valence-corrected chi connectivity index (χ0v) is 18.2. The van der Waals surface area contributed by atoms with Crippen molar-refractivity contribution >= 4 is 29.0 Å². The monoisotopic (exact) mass is 449 g/mol. The highest BCUT2D eigenvalue weighted by atomic mass is 19.1. The summed E-state index contributed by atoms with van der Waals surface area (Å²) in [6.07, 6.45) is 2.96. The van der Waals surface area contributed by atoms with E-state index in [1.807, 2.05) is 13.8 Å². The van der Waals surface area contributed by atoms with E-state index < -0.39 is 17.5 Å². The predicted molar refractivity (Wildman–Crippen MR) is 119 cm³/mol. The fraction of sp³-hybridized carbons (Fsp3) is 0.476. The summed E-state index contributed by atoms with van der Waals surface area (Å²) >= 11 is 0. The summed E-state index contributed by atoms with van der Waals surface area (Å²) in [5.41, 5.74) is 11.5. The lowest BCUT2D eigenvalue weighted by Gasteiger charge is -2.28. The zero-order chi connectivity index (χ0) is 23.3. The first-order chi connectivity index (χ1) is 15.3. The normalized spacial score (nSPS) is 15.8. The minimum atomic E-state index is -0.874. The number of primary amides is 1. The van der Waals surface area contributed by atoms with Crippen LogP contribution in [0.1, 0.15) is 37.0 Å². The van der Waals surface area contributed by atoms with E-state index >= 15 is 0 Å². The third kappa shape index (κ3) is 5.60. The molecule has 0 aliphatic carbocycles. The Morgan fingerprint density at radius 1 is 1.25 bits per heavy atom. The van der Waals surface area contributed by atoms with Gasteiger partial charge in [0, 0.05) is 31.2 Å². The standard InChI is InChI=1S/C21H29F2N7O2/c1-3-4-17(12(2)24)28-20-15(22)10-14(18(25)31)19(29-20)27-13-9-16(23)21(26-11-13)30-5-7-32-8-6-30/h9-12,17H,3-8,24H2,1-2H3,(H2,25,31)(H2,27,28,29)/t12-,17+/m0/s1. The number of nitrogens with one attached hydrogen (secondary N) is 2. The van der Waals surface area contributed by atoms with Crippen molar-refractivity contribution in [3.8, 4) is 0 Å². The fourth-order valence-corrected chi connectivity index (χ4v) is 3.47. The minimum absolute atomic E-state index is 0.0124. The Labute approximate surface area is 185 Å². The summed E-state index contributed by atoms with van der Waals surface area (Å²) < 4.78 is 34.6.